The molecular formula is C27H26N4O5. The maximum Gasteiger partial charge on any atom is 0.325 e. The fourth-order valence-electron chi connectivity index (χ4n) is 3.91. The van der Waals surface area contributed by atoms with Crippen LogP contribution < -0.4 is 20.7 Å². The van der Waals surface area contributed by atoms with E-state index in [1.807, 2.05) is 19.1 Å². The molecule has 0 saturated carbocycles. The predicted octanol–water partition coefficient (Wildman–Crippen LogP) is 3.66. The second-order valence-electron chi connectivity index (χ2n) is 8.59. The van der Waals surface area contributed by atoms with Crippen LogP contribution in [0.4, 0.5) is 16.2 Å². The van der Waals surface area contributed by atoms with Crippen molar-refractivity contribution in [2.45, 2.75) is 19.4 Å². The molecule has 0 unspecified atom stereocenters. The van der Waals surface area contributed by atoms with Gasteiger partial charge in [0.25, 0.3) is 11.8 Å². The number of nitrogens with zero attached hydrogens (tertiary/aromatic N) is 1. The van der Waals surface area contributed by atoms with Crippen LogP contribution in [0, 0.1) is 6.92 Å². The van der Waals surface area contributed by atoms with E-state index in [1.54, 1.807) is 67.6 Å². The zero-order valence-corrected chi connectivity index (χ0v) is 20.1. The van der Waals surface area contributed by atoms with Crippen LogP contribution in [0.5, 0.6) is 5.75 Å². The zero-order valence-electron chi connectivity index (χ0n) is 20.1. The lowest BCUT2D eigenvalue weighted by Crippen LogP contribution is -2.42. The van der Waals surface area contributed by atoms with E-state index >= 15 is 0 Å². The summed E-state index contributed by atoms with van der Waals surface area (Å²) in [7, 11) is 1.52. The summed E-state index contributed by atoms with van der Waals surface area (Å²) in [6.07, 6.45) is 0. The molecule has 3 N–H and O–H groups in total. The lowest BCUT2D eigenvalue weighted by atomic mass is 9.91. The van der Waals surface area contributed by atoms with Crippen molar-refractivity contribution >= 4 is 35.1 Å². The molecule has 4 rings (SSSR count). The molecule has 1 aliphatic rings. The van der Waals surface area contributed by atoms with Gasteiger partial charge in [-0.1, -0.05) is 42.0 Å². The molecule has 9 nitrogen and oxygen atoms in total. The summed E-state index contributed by atoms with van der Waals surface area (Å²) < 4.78 is 5.24. The Balaban J connectivity index is 1.38. The Bertz CT molecular complexity index is 1320. The van der Waals surface area contributed by atoms with E-state index < -0.39 is 29.9 Å². The second kappa shape index (κ2) is 9.91. The minimum absolute atomic E-state index is 0.341. The molecule has 1 heterocycles. The number of methoxy groups -OCH3 is 1. The molecule has 0 aromatic heterocycles. The number of carbonyl (C=O) groups excluding carboxylic acids is 4. The van der Waals surface area contributed by atoms with Gasteiger partial charge in [0.05, 0.1) is 12.8 Å². The molecule has 1 atom stereocenters. The first-order valence-electron chi connectivity index (χ1n) is 11.3. The molecular weight excluding hydrogens is 460 g/mol. The SMILES string of the molecule is COc1ccccc1NC(=O)c1ccc(NC(=O)CN2C(=O)N[C@@](C)(c3ccc(C)cc3)C2=O)cc1. The van der Waals surface area contributed by atoms with Gasteiger partial charge in [-0.3, -0.25) is 19.3 Å². The number of rotatable bonds is 7. The highest BCUT2D eigenvalue weighted by atomic mass is 16.5. The summed E-state index contributed by atoms with van der Waals surface area (Å²) in [6.45, 7) is 3.10. The summed E-state index contributed by atoms with van der Waals surface area (Å²) in [5.41, 5.74) is 1.74. The van der Waals surface area contributed by atoms with Crippen LogP contribution in [0.15, 0.2) is 72.8 Å². The first-order valence-corrected chi connectivity index (χ1v) is 11.3. The molecule has 9 heteroatoms. The number of hydrogen-bond donors (Lipinski definition) is 3. The Labute approximate surface area is 208 Å². The van der Waals surface area contributed by atoms with Crippen molar-refractivity contribution in [2.75, 3.05) is 24.3 Å². The van der Waals surface area contributed by atoms with E-state index in [-0.39, 0.29) is 5.91 Å². The number of nitrogens with one attached hydrogen (secondary N) is 3. The maximum atomic E-state index is 13.0. The van der Waals surface area contributed by atoms with Crippen LogP contribution in [-0.4, -0.2) is 42.3 Å². The number of carbonyl (C=O) groups is 4. The van der Waals surface area contributed by atoms with Gasteiger partial charge in [-0.05, 0) is 55.8 Å². The Morgan fingerprint density at radius 3 is 2.28 bits per heavy atom. The summed E-state index contributed by atoms with van der Waals surface area (Å²) in [5.74, 6) is -0.853. The number of para-hydroxylation sites is 2. The molecule has 1 fully saturated rings. The summed E-state index contributed by atoms with van der Waals surface area (Å²) >= 11 is 0. The van der Waals surface area contributed by atoms with E-state index in [1.165, 1.54) is 7.11 Å². The average molecular weight is 487 g/mol. The first-order chi connectivity index (χ1) is 17.2. The van der Waals surface area contributed by atoms with Gasteiger partial charge in [0.15, 0.2) is 0 Å². The topological polar surface area (TPSA) is 117 Å². The molecule has 0 spiro atoms. The third-order valence-corrected chi connectivity index (χ3v) is 5.99. The fourth-order valence-corrected chi connectivity index (χ4v) is 3.91. The lowest BCUT2D eigenvalue weighted by Gasteiger charge is -2.22. The Kier molecular flexibility index (Phi) is 6.73. The molecule has 3 aromatic rings. The lowest BCUT2D eigenvalue weighted by molar-refractivity contribution is -0.133. The first kappa shape index (κ1) is 24.5. The third-order valence-electron chi connectivity index (χ3n) is 5.99. The van der Waals surface area contributed by atoms with E-state index in [4.69, 9.17) is 4.74 Å². The van der Waals surface area contributed by atoms with Crippen molar-refractivity contribution in [3.63, 3.8) is 0 Å². The Morgan fingerprint density at radius 1 is 0.944 bits per heavy atom. The highest BCUT2D eigenvalue weighted by Gasteiger charge is 2.49. The van der Waals surface area contributed by atoms with Crippen molar-refractivity contribution in [1.82, 2.24) is 10.2 Å². The van der Waals surface area contributed by atoms with E-state index in [9.17, 15) is 19.2 Å². The molecule has 3 aromatic carbocycles. The molecule has 36 heavy (non-hydrogen) atoms. The van der Waals surface area contributed by atoms with Gasteiger partial charge in [0, 0.05) is 11.3 Å². The van der Waals surface area contributed by atoms with Crippen molar-refractivity contribution in [3.8, 4) is 5.75 Å². The quantitative estimate of drug-likeness (QED) is 0.441. The molecule has 0 bridgehead atoms. The Hall–Kier alpha value is -4.66. The minimum atomic E-state index is -1.25. The van der Waals surface area contributed by atoms with Crippen LogP contribution in [0.1, 0.15) is 28.4 Å². The number of aryl methyl sites for hydroxylation is 1. The number of benzene rings is 3. The maximum absolute atomic E-state index is 13.0. The normalized spacial score (nSPS) is 16.9. The summed E-state index contributed by atoms with van der Waals surface area (Å²) in [5, 5.41) is 8.12. The van der Waals surface area contributed by atoms with Gasteiger partial charge in [-0.2, -0.15) is 0 Å². The van der Waals surface area contributed by atoms with Gasteiger partial charge in [-0.25, -0.2) is 4.79 Å². The van der Waals surface area contributed by atoms with E-state index in [2.05, 4.69) is 16.0 Å². The molecule has 0 aliphatic carbocycles. The van der Waals surface area contributed by atoms with Gasteiger partial charge in [-0.15, -0.1) is 0 Å². The largest absolute Gasteiger partial charge is 0.495 e. The van der Waals surface area contributed by atoms with Crippen LogP contribution in [0.2, 0.25) is 0 Å². The monoisotopic (exact) mass is 486 g/mol. The summed E-state index contributed by atoms with van der Waals surface area (Å²) in [4.78, 5) is 51.6. The molecule has 5 amide bonds. The standard InChI is InChI=1S/C27H26N4O5/c1-17-8-12-19(13-9-17)27(2)25(34)31(26(35)30-27)16-23(32)28-20-14-10-18(11-15-20)24(33)29-21-6-4-5-7-22(21)36-3/h4-15H,16H2,1-3H3,(H,28,32)(H,29,33)(H,30,35)/t27-/m0/s1. The van der Waals surface area contributed by atoms with Gasteiger partial charge in [0.1, 0.15) is 17.8 Å². The number of amides is 5. The van der Waals surface area contributed by atoms with Crippen molar-refractivity contribution in [3.05, 3.63) is 89.5 Å². The third kappa shape index (κ3) is 4.90. The van der Waals surface area contributed by atoms with Crippen molar-refractivity contribution in [2.24, 2.45) is 0 Å². The predicted molar refractivity (Wildman–Crippen MR) is 135 cm³/mol. The van der Waals surface area contributed by atoms with Gasteiger partial charge < -0.3 is 20.7 Å². The highest BCUT2D eigenvalue weighted by Crippen LogP contribution is 2.29. The van der Waals surface area contributed by atoms with Crippen LogP contribution in [0.25, 0.3) is 0 Å². The van der Waals surface area contributed by atoms with E-state index in [0.717, 1.165) is 10.5 Å². The number of anilines is 2. The second-order valence-corrected chi connectivity index (χ2v) is 8.59. The number of urea groups is 1. The average Bonchev–Trinajstić information content (AvgIpc) is 3.08. The molecule has 0 radical (unpaired) electrons. The van der Waals surface area contributed by atoms with Gasteiger partial charge >= 0.3 is 6.03 Å². The van der Waals surface area contributed by atoms with Crippen LogP contribution >= 0.6 is 0 Å². The smallest absolute Gasteiger partial charge is 0.325 e. The number of imide groups is 1. The van der Waals surface area contributed by atoms with Gasteiger partial charge in [0.2, 0.25) is 5.91 Å². The summed E-state index contributed by atoms with van der Waals surface area (Å²) in [6, 6.07) is 19.9. The number of hydrogen-bond acceptors (Lipinski definition) is 5. The number of ether oxygens (including phenoxy) is 1. The minimum Gasteiger partial charge on any atom is -0.495 e. The van der Waals surface area contributed by atoms with Crippen LogP contribution in [0.3, 0.4) is 0 Å². The Morgan fingerprint density at radius 2 is 1.61 bits per heavy atom. The molecule has 184 valence electrons. The van der Waals surface area contributed by atoms with Crippen LogP contribution in [-0.2, 0) is 15.1 Å². The molecule has 1 aliphatic heterocycles. The van der Waals surface area contributed by atoms with Crippen molar-refractivity contribution in [1.29, 1.82) is 0 Å². The fraction of sp³-hybridized carbons (Fsp3) is 0.185. The van der Waals surface area contributed by atoms with Crippen molar-refractivity contribution < 1.29 is 23.9 Å². The highest BCUT2D eigenvalue weighted by molar-refractivity contribution is 6.10. The van der Waals surface area contributed by atoms with E-state index in [0.29, 0.717) is 28.3 Å². The zero-order chi connectivity index (χ0) is 25.9. The molecule has 1 saturated heterocycles.